The zero-order valence-electron chi connectivity index (χ0n) is 21.1. The predicted molar refractivity (Wildman–Crippen MR) is 139 cm³/mol. The number of ether oxygens (including phenoxy) is 2. The molecule has 8 heteroatoms. The second kappa shape index (κ2) is 10.3. The maximum Gasteiger partial charge on any atom is 0.263 e. The molecule has 4 aliphatic rings. The quantitative estimate of drug-likeness (QED) is 0.598. The molecule has 0 saturated carbocycles. The van der Waals surface area contributed by atoms with Gasteiger partial charge in [-0.1, -0.05) is 41.6 Å². The first kappa shape index (κ1) is 23.6. The van der Waals surface area contributed by atoms with E-state index in [2.05, 4.69) is 45.3 Å². The number of amides is 1. The van der Waals surface area contributed by atoms with Gasteiger partial charge in [0.2, 0.25) is 5.88 Å². The van der Waals surface area contributed by atoms with E-state index in [9.17, 15) is 4.79 Å². The van der Waals surface area contributed by atoms with Crippen LogP contribution in [0.25, 0.3) is 0 Å². The standard InChI is InChI=1S/C29H32N4O4/c1-21-25(17-30-37-21)29(34)33-24(12-11-22-7-5-6-10-26(22)33)18-31-13-15-32(16-14-31)28-20-35-27(19-36-28)23-8-3-2-4-9-23/h2-3,5-8,10,17,19-20,24H,4,9,11-16,18H2,1H3. The average molecular weight is 501 g/mol. The van der Waals surface area contributed by atoms with E-state index in [1.165, 1.54) is 11.8 Å². The van der Waals surface area contributed by atoms with Crippen LogP contribution in [0.3, 0.4) is 0 Å². The number of carbonyl (C=O) groups excluding carboxylic acids is 1. The molecule has 1 unspecified atom stereocenters. The highest BCUT2D eigenvalue weighted by Gasteiger charge is 2.35. The Labute approximate surface area is 217 Å². The van der Waals surface area contributed by atoms with E-state index in [1.54, 1.807) is 19.4 Å². The van der Waals surface area contributed by atoms with Crippen LogP contribution >= 0.6 is 0 Å². The van der Waals surface area contributed by atoms with Gasteiger partial charge in [0.15, 0.2) is 12.0 Å². The molecular formula is C29H32N4O4. The van der Waals surface area contributed by atoms with Crippen LogP contribution in [0.4, 0.5) is 5.69 Å². The fraction of sp³-hybridized carbons (Fsp3) is 0.379. The third kappa shape index (κ3) is 4.81. The van der Waals surface area contributed by atoms with Gasteiger partial charge in [0.1, 0.15) is 17.6 Å². The van der Waals surface area contributed by atoms with E-state index in [1.807, 2.05) is 17.0 Å². The SMILES string of the molecule is Cc1oncc1C(=O)N1c2ccccc2CCC1CN1CCN(C2=COC(C3=CC=CCC3)=CO2)CC1. The molecule has 6 rings (SSSR count). The molecule has 2 aromatic rings. The van der Waals surface area contributed by atoms with E-state index in [-0.39, 0.29) is 11.9 Å². The van der Waals surface area contributed by atoms with Gasteiger partial charge in [-0.25, -0.2) is 0 Å². The lowest BCUT2D eigenvalue weighted by Gasteiger charge is -2.42. The summed E-state index contributed by atoms with van der Waals surface area (Å²) in [6, 6.07) is 8.29. The maximum atomic E-state index is 13.6. The molecule has 1 saturated heterocycles. The van der Waals surface area contributed by atoms with E-state index < -0.39 is 0 Å². The van der Waals surface area contributed by atoms with Crippen LogP contribution in [0.5, 0.6) is 0 Å². The first-order valence-electron chi connectivity index (χ1n) is 13.1. The number of para-hydroxylation sites is 1. The molecule has 1 atom stereocenters. The summed E-state index contributed by atoms with van der Waals surface area (Å²) < 4.78 is 17.1. The van der Waals surface area contributed by atoms with Crippen molar-refractivity contribution >= 4 is 11.6 Å². The Bertz CT molecular complexity index is 1280. The van der Waals surface area contributed by atoms with Crippen molar-refractivity contribution in [1.82, 2.24) is 15.0 Å². The van der Waals surface area contributed by atoms with Gasteiger partial charge in [-0.2, -0.15) is 0 Å². The molecular weight excluding hydrogens is 468 g/mol. The van der Waals surface area contributed by atoms with Crippen molar-refractivity contribution in [2.45, 2.75) is 38.6 Å². The van der Waals surface area contributed by atoms with Crippen LogP contribution in [0, 0.1) is 6.92 Å². The minimum absolute atomic E-state index is 0.0430. The molecule has 1 aromatic carbocycles. The number of fused-ring (bicyclic) bond motifs is 1. The van der Waals surface area contributed by atoms with Crippen LogP contribution in [0.1, 0.15) is 40.9 Å². The smallest absolute Gasteiger partial charge is 0.263 e. The number of nitrogens with zero attached hydrogens (tertiary/aromatic N) is 4. The van der Waals surface area contributed by atoms with E-state index in [4.69, 9.17) is 14.0 Å². The van der Waals surface area contributed by atoms with Crippen LogP contribution < -0.4 is 4.90 Å². The number of aromatic nitrogens is 1. The van der Waals surface area contributed by atoms with Crippen LogP contribution in [0.15, 0.2) is 83.0 Å². The number of benzene rings is 1. The van der Waals surface area contributed by atoms with Gasteiger partial charge in [-0.15, -0.1) is 0 Å². The number of aryl methyl sites for hydroxylation is 2. The summed E-state index contributed by atoms with van der Waals surface area (Å²) in [6.07, 6.45) is 15.2. The highest BCUT2D eigenvalue weighted by atomic mass is 16.6. The number of allylic oxidation sites excluding steroid dienone is 4. The molecule has 8 nitrogen and oxygen atoms in total. The molecule has 0 radical (unpaired) electrons. The predicted octanol–water partition coefficient (Wildman–Crippen LogP) is 4.53. The van der Waals surface area contributed by atoms with Gasteiger partial charge in [-0.05, 0) is 49.8 Å². The van der Waals surface area contributed by atoms with Crippen molar-refractivity contribution in [2.75, 3.05) is 37.6 Å². The van der Waals surface area contributed by atoms with E-state index >= 15 is 0 Å². The topological polar surface area (TPSA) is 71.3 Å². The molecule has 1 aromatic heterocycles. The van der Waals surface area contributed by atoms with Gasteiger partial charge in [0.25, 0.3) is 5.91 Å². The molecule has 0 N–H and O–H groups in total. The number of hydrogen-bond acceptors (Lipinski definition) is 7. The first-order chi connectivity index (χ1) is 18.2. The molecule has 192 valence electrons. The lowest BCUT2D eigenvalue weighted by atomic mass is 9.94. The zero-order chi connectivity index (χ0) is 25.2. The number of rotatable bonds is 5. The van der Waals surface area contributed by atoms with Crippen molar-refractivity contribution < 1.29 is 18.8 Å². The van der Waals surface area contributed by atoms with Crippen LogP contribution in [-0.4, -0.2) is 59.6 Å². The van der Waals surface area contributed by atoms with E-state index in [0.29, 0.717) is 11.3 Å². The lowest BCUT2D eigenvalue weighted by molar-refractivity contribution is 0.0791. The second-order valence-corrected chi connectivity index (χ2v) is 9.91. The fourth-order valence-corrected chi connectivity index (χ4v) is 5.53. The molecule has 4 heterocycles. The molecule has 1 fully saturated rings. The average Bonchev–Trinajstić information content (AvgIpc) is 3.39. The van der Waals surface area contributed by atoms with Gasteiger partial charge >= 0.3 is 0 Å². The Morgan fingerprint density at radius 2 is 1.95 bits per heavy atom. The largest absolute Gasteiger partial charge is 0.456 e. The summed E-state index contributed by atoms with van der Waals surface area (Å²) in [5.74, 6) is 2.05. The van der Waals surface area contributed by atoms with Gasteiger partial charge < -0.3 is 23.8 Å². The third-order valence-electron chi connectivity index (χ3n) is 7.62. The molecule has 1 amide bonds. The molecule has 3 aliphatic heterocycles. The number of hydrogen-bond donors (Lipinski definition) is 0. The van der Waals surface area contributed by atoms with Crippen LogP contribution in [0.2, 0.25) is 0 Å². The van der Waals surface area contributed by atoms with Crippen LogP contribution in [-0.2, 0) is 15.9 Å². The molecule has 37 heavy (non-hydrogen) atoms. The normalized spacial score (nSPS) is 21.9. The maximum absolute atomic E-state index is 13.6. The Balaban J connectivity index is 1.10. The van der Waals surface area contributed by atoms with Crippen molar-refractivity contribution in [3.05, 3.63) is 95.3 Å². The van der Waals surface area contributed by atoms with Crippen molar-refractivity contribution in [1.29, 1.82) is 0 Å². The highest BCUT2D eigenvalue weighted by molar-refractivity contribution is 6.07. The summed E-state index contributed by atoms with van der Waals surface area (Å²) in [5, 5.41) is 3.84. The summed E-state index contributed by atoms with van der Waals surface area (Å²) in [5.41, 5.74) is 3.89. The highest BCUT2D eigenvalue weighted by Crippen LogP contribution is 2.33. The number of piperazine rings is 1. The van der Waals surface area contributed by atoms with E-state index in [0.717, 1.165) is 81.3 Å². The third-order valence-corrected chi connectivity index (χ3v) is 7.62. The Hall–Kier alpha value is -3.78. The van der Waals surface area contributed by atoms with Gasteiger partial charge in [-0.3, -0.25) is 9.69 Å². The summed E-state index contributed by atoms with van der Waals surface area (Å²) in [7, 11) is 0. The van der Waals surface area contributed by atoms with Crippen molar-refractivity contribution in [3.63, 3.8) is 0 Å². The Kier molecular flexibility index (Phi) is 6.57. The monoisotopic (exact) mass is 500 g/mol. The fourth-order valence-electron chi connectivity index (χ4n) is 5.53. The molecule has 1 aliphatic carbocycles. The summed E-state index contributed by atoms with van der Waals surface area (Å²) in [4.78, 5) is 20.3. The molecule has 0 bridgehead atoms. The minimum atomic E-state index is -0.0430. The number of anilines is 1. The van der Waals surface area contributed by atoms with Crippen molar-refractivity contribution in [3.8, 4) is 0 Å². The Morgan fingerprint density at radius 1 is 1.08 bits per heavy atom. The molecule has 0 spiro atoms. The first-order valence-corrected chi connectivity index (χ1v) is 13.1. The summed E-state index contributed by atoms with van der Waals surface area (Å²) >= 11 is 0. The van der Waals surface area contributed by atoms with Gasteiger partial charge in [0.05, 0.1) is 12.2 Å². The Morgan fingerprint density at radius 3 is 2.68 bits per heavy atom. The van der Waals surface area contributed by atoms with Gasteiger partial charge in [0, 0.05) is 38.4 Å². The lowest BCUT2D eigenvalue weighted by Crippen LogP contribution is -2.54. The second-order valence-electron chi connectivity index (χ2n) is 9.91. The summed E-state index contributed by atoms with van der Waals surface area (Å²) in [6.45, 7) is 6.06. The van der Waals surface area contributed by atoms with Crippen molar-refractivity contribution in [2.24, 2.45) is 0 Å². The number of carbonyl (C=O) groups is 1. The minimum Gasteiger partial charge on any atom is -0.456 e. The zero-order valence-corrected chi connectivity index (χ0v) is 21.1.